The third-order valence-electron chi connectivity index (χ3n) is 6.54. The van der Waals surface area contributed by atoms with Gasteiger partial charge in [0.15, 0.2) is 0 Å². The van der Waals surface area contributed by atoms with Gasteiger partial charge >= 0.3 is 0 Å². The number of rotatable bonds is 4. The molecular formula is C23H31N3O3. The van der Waals surface area contributed by atoms with Gasteiger partial charge in [-0.25, -0.2) is 0 Å². The van der Waals surface area contributed by atoms with E-state index in [1.807, 2.05) is 24.3 Å². The number of nitrogens with one attached hydrogen (secondary N) is 2. The molecule has 1 saturated carbocycles. The van der Waals surface area contributed by atoms with E-state index in [0.717, 1.165) is 31.6 Å². The molecule has 6 nitrogen and oxygen atoms in total. The summed E-state index contributed by atoms with van der Waals surface area (Å²) in [5, 5.41) is 16.2. The van der Waals surface area contributed by atoms with Crippen LogP contribution in [0.5, 0.6) is 0 Å². The van der Waals surface area contributed by atoms with Gasteiger partial charge in [-0.15, -0.1) is 0 Å². The maximum atomic E-state index is 12.7. The Bertz CT molecular complexity index is 775. The molecular weight excluding hydrogens is 366 g/mol. The first-order valence-electron chi connectivity index (χ1n) is 11.0. The molecule has 1 unspecified atom stereocenters. The normalized spacial score (nSPS) is 23.7. The van der Waals surface area contributed by atoms with Crippen molar-refractivity contribution in [3.8, 4) is 0 Å². The first-order chi connectivity index (χ1) is 14.1. The maximum absolute atomic E-state index is 12.7. The highest BCUT2D eigenvalue weighted by Crippen LogP contribution is 2.31. The number of anilines is 2. The molecule has 2 fully saturated rings. The molecule has 3 N–H and O–H groups in total. The molecule has 2 heterocycles. The second-order valence-electron chi connectivity index (χ2n) is 8.55. The summed E-state index contributed by atoms with van der Waals surface area (Å²) in [6.07, 6.45) is 9.77. The monoisotopic (exact) mass is 397 g/mol. The number of carbonyl (C=O) groups excluding carboxylic acids is 2. The third-order valence-corrected chi connectivity index (χ3v) is 6.54. The zero-order valence-corrected chi connectivity index (χ0v) is 17.0. The fraction of sp³-hybridized carbons (Fsp3) is 0.565. The summed E-state index contributed by atoms with van der Waals surface area (Å²) in [5.74, 6) is -0.715. The van der Waals surface area contributed by atoms with Gasteiger partial charge in [0.25, 0.3) is 11.8 Å². The lowest BCUT2D eigenvalue weighted by Crippen LogP contribution is -2.47. The molecule has 0 spiro atoms. The number of aliphatic hydroxyl groups excluding tert-OH is 1. The molecule has 6 heteroatoms. The molecule has 156 valence electrons. The van der Waals surface area contributed by atoms with Crippen LogP contribution in [0.3, 0.4) is 0 Å². The molecule has 1 aliphatic carbocycles. The van der Waals surface area contributed by atoms with Crippen LogP contribution in [0.4, 0.5) is 11.4 Å². The van der Waals surface area contributed by atoms with Crippen LogP contribution in [0.15, 0.2) is 35.6 Å². The standard InChI is InChI=1S/C23H31N3O3/c27-20-15-19(16-7-3-1-4-8-16)25-23(29)21(20)22(28)24-17-9-11-18(12-10-17)26-13-5-2-6-14-26/h9-12,16,19,27H,1-8,13-15H2,(H,24,28)(H,25,29). The van der Waals surface area contributed by atoms with Crippen molar-refractivity contribution in [2.24, 2.45) is 5.92 Å². The molecule has 1 aromatic carbocycles. The summed E-state index contributed by atoms with van der Waals surface area (Å²) in [6, 6.07) is 7.63. The minimum atomic E-state index is -0.548. The average molecular weight is 398 g/mol. The molecule has 29 heavy (non-hydrogen) atoms. The predicted octanol–water partition coefficient (Wildman–Crippen LogP) is 3.90. The van der Waals surface area contributed by atoms with Gasteiger partial charge < -0.3 is 20.6 Å². The number of piperidine rings is 1. The van der Waals surface area contributed by atoms with Gasteiger partial charge in [-0.05, 0) is 62.3 Å². The molecule has 4 rings (SSSR count). The van der Waals surface area contributed by atoms with E-state index in [-0.39, 0.29) is 17.4 Å². The summed E-state index contributed by atoms with van der Waals surface area (Å²) in [5.41, 5.74) is 1.62. The Balaban J connectivity index is 1.40. The van der Waals surface area contributed by atoms with Crippen LogP contribution in [-0.2, 0) is 9.59 Å². The van der Waals surface area contributed by atoms with E-state index in [2.05, 4.69) is 15.5 Å². The first kappa shape index (κ1) is 19.8. The largest absolute Gasteiger partial charge is 0.511 e. The second kappa shape index (κ2) is 8.89. The Labute approximate surface area is 172 Å². The first-order valence-corrected chi connectivity index (χ1v) is 11.0. The Morgan fingerprint density at radius 3 is 2.31 bits per heavy atom. The highest BCUT2D eigenvalue weighted by atomic mass is 16.3. The Kier molecular flexibility index (Phi) is 6.07. The molecule has 2 aliphatic heterocycles. The number of benzene rings is 1. The van der Waals surface area contributed by atoms with E-state index in [4.69, 9.17) is 0 Å². The number of amides is 2. The van der Waals surface area contributed by atoms with E-state index >= 15 is 0 Å². The van der Waals surface area contributed by atoms with E-state index < -0.39 is 11.8 Å². The SMILES string of the molecule is O=C(Nc1ccc(N2CCCCC2)cc1)C1=C(O)CC(C2CCCCC2)NC1=O. The maximum Gasteiger partial charge on any atom is 0.264 e. The van der Waals surface area contributed by atoms with Gasteiger partial charge in [0.1, 0.15) is 11.3 Å². The molecule has 0 aromatic heterocycles. The minimum Gasteiger partial charge on any atom is -0.511 e. The van der Waals surface area contributed by atoms with Crippen LogP contribution in [0.25, 0.3) is 0 Å². The van der Waals surface area contributed by atoms with Crippen LogP contribution in [-0.4, -0.2) is 36.1 Å². The Hall–Kier alpha value is -2.50. The summed E-state index contributed by atoms with van der Waals surface area (Å²) >= 11 is 0. The minimum absolute atomic E-state index is 0.0665. The van der Waals surface area contributed by atoms with E-state index in [0.29, 0.717) is 18.0 Å². The lowest BCUT2D eigenvalue weighted by Gasteiger charge is -2.33. The van der Waals surface area contributed by atoms with Crippen molar-refractivity contribution in [1.82, 2.24) is 5.32 Å². The lowest BCUT2D eigenvalue weighted by molar-refractivity contribution is -0.123. The zero-order chi connectivity index (χ0) is 20.2. The van der Waals surface area contributed by atoms with Crippen molar-refractivity contribution in [3.05, 3.63) is 35.6 Å². The molecule has 2 amide bonds. The molecule has 0 bridgehead atoms. The molecule has 0 radical (unpaired) electrons. The number of hydrogen-bond acceptors (Lipinski definition) is 4. The molecule has 1 atom stereocenters. The molecule has 3 aliphatic rings. The third kappa shape index (κ3) is 4.57. The Morgan fingerprint density at radius 1 is 1.00 bits per heavy atom. The van der Waals surface area contributed by atoms with E-state index in [9.17, 15) is 14.7 Å². The van der Waals surface area contributed by atoms with Crippen LogP contribution >= 0.6 is 0 Å². The number of aliphatic hydroxyl groups is 1. The van der Waals surface area contributed by atoms with Crippen LogP contribution in [0.1, 0.15) is 57.8 Å². The average Bonchev–Trinajstić information content (AvgIpc) is 2.75. The fourth-order valence-corrected chi connectivity index (χ4v) is 4.89. The number of hydrogen-bond donors (Lipinski definition) is 3. The van der Waals surface area contributed by atoms with Gasteiger partial charge in [-0.1, -0.05) is 19.3 Å². The zero-order valence-electron chi connectivity index (χ0n) is 17.0. The predicted molar refractivity (Wildman–Crippen MR) is 114 cm³/mol. The van der Waals surface area contributed by atoms with Gasteiger partial charge in [-0.2, -0.15) is 0 Å². The topological polar surface area (TPSA) is 81.7 Å². The Morgan fingerprint density at radius 2 is 1.66 bits per heavy atom. The van der Waals surface area contributed by atoms with Gasteiger partial charge in [0.2, 0.25) is 0 Å². The summed E-state index contributed by atoms with van der Waals surface area (Å²) in [7, 11) is 0. The van der Waals surface area contributed by atoms with Crippen LogP contribution in [0.2, 0.25) is 0 Å². The quantitative estimate of drug-likeness (QED) is 0.673. The summed E-state index contributed by atoms with van der Waals surface area (Å²) in [4.78, 5) is 27.6. The second-order valence-corrected chi connectivity index (χ2v) is 8.55. The van der Waals surface area contributed by atoms with Crippen molar-refractivity contribution in [3.63, 3.8) is 0 Å². The molecule has 1 aromatic rings. The highest BCUT2D eigenvalue weighted by Gasteiger charge is 2.35. The fourth-order valence-electron chi connectivity index (χ4n) is 4.89. The van der Waals surface area contributed by atoms with Crippen molar-refractivity contribution in [1.29, 1.82) is 0 Å². The summed E-state index contributed by atoms with van der Waals surface area (Å²) < 4.78 is 0. The van der Waals surface area contributed by atoms with Crippen molar-refractivity contribution >= 4 is 23.2 Å². The van der Waals surface area contributed by atoms with Gasteiger partial charge in [0, 0.05) is 36.9 Å². The smallest absolute Gasteiger partial charge is 0.264 e. The van der Waals surface area contributed by atoms with Crippen molar-refractivity contribution in [2.75, 3.05) is 23.3 Å². The van der Waals surface area contributed by atoms with Crippen LogP contribution < -0.4 is 15.5 Å². The van der Waals surface area contributed by atoms with E-state index in [1.165, 1.54) is 38.5 Å². The number of nitrogens with zero attached hydrogens (tertiary/aromatic N) is 1. The van der Waals surface area contributed by atoms with Crippen LogP contribution in [0, 0.1) is 5.92 Å². The lowest BCUT2D eigenvalue weighted by atomic mass is 9.81. The van der Waals surface area contributed by atoms with Crippen molar-refractivity contribution in [2.45, 2.75) is 63.8 Å². The molecule has 1 saturated heterocycles. The van der Waals surface area contributed by atoms with Gasteiger partial charge in [-0.3, -0.25) is 9.59 Å². The number of carbonyl (C=O) groups is 2. The highest BCUT2D eigenvalue weighted by molar-refractivity contribution is 6.23. The van der Waals surface area contributed by atoms with E-state index in [1.54, 1.807) is 0 Å². The van der Waals surface area contributed by atoms with Crippen molar-refractivity contribution < 1.29 is 14.7 Å². The van der Waals surface area contributed by atoms with Gasteiger partial charge in [0.05, 0.1) is 0 Å². The summed E-state index contributed by atoms with van der Waals surface area (Å²) in [6.45, 7) is 2.13.